The lowest BCUT2D eigenvalue weighted by Gasteiger charge is -2.59. The zero-order valence-electron chi connectivity index (χ0n) is 17.2. The van der Waals surface area contributed by atoms with Crippen LogP contribution in [0, 0.1) is 29.0 Å². The summed E-state index contributed by atoms with van der Waals surface area (Å²) in [5.74, 6) is 2.28. The molecule has 0 radical (unpaired) electrons. The van der Waals surface area contributed by atoms with E-state index in [1.165, 1.54) is 74.6 Å². The molecule has 2 amide bonds. The van der Waals surface area contributed by atoms with E-state index < -0.39 is 0 Å². The standard InChI is InChI=1S/C23H31FN2O2S/c1-14(29-13-21(27)26-20-5-3-19(24)4-6-20)22(28)25-15(2)23-10-16-7-17(11-23)9-18(8-16)12-23/h3-6,14-18H,7-13H2,1-2H3,(H,25,28)(H,26,27)/t14-,15-,16?,17?,18?,23?/m1/s1. The molecule has 4 fully saturated rings. The molecule has 4 bridgehead atoms. The van der Waals surface area contributed by atoms with Crippen molar-refractivity contribution in [1.82, 2.24) is 5.32 Å². The Kier molecular flexibility index (Phi) is 5.92. The average Bonchev–Trinajstić information content (AvgIpc) is 2.66. The smallest absolute Gasteiger partial charge is 0.234 e. The van der Waals surface area contributed by atoms with Crippen molar-refractivity contribution < 1.29 is 14.0 Å². The molecule has 2 atom stereocenters. The van der Waals surface area contributed by atoms with Gasteiger partial charge in [0.15, 0.2) is 0 Å². The molecule has 158 valence electrons. The molecule has 0 unspecified atom stereocenters. The molecule has 4 aliphatic carbocycles. The van der Waals surface area contributed by atoms with Crippen LogP contribution in [0.15, 0.2) is 24.3 Å². The molecule has 5 rings (SSSR count). The molecule has 0 saturated heterocycles. The van der Waals surface area contributed by atoms with Crippen molar-refractivity contribution in [3.8, 4) is 0 Å². The first kappa shape index (κ1) is 20.7. The van der Waals surface area contributed by atoms with E-state index in [9.17, 15) is 14.0 Å². The number of thioether (sulfide) groups is 1. The van der Waals surface area contributed by atoms with Gasteiger partial charge in [-0.25, -0.2) is 4.39 Å². The number of benzene rings is 1. The highest BCUT2D eigenvalue weighted by Gasteiger charge is 2.53. The quantitative estimate of drug-likeness (QED) is 0.680. The maximum Gasteiger partial charge on any atom is 0.234 e. The third-order valence-electron chi connectivity index (χ3n) is 7.32. The number of rotatable bonds is 7. The summed E-state index contributed by atoms with van der Waals surface area (Å²) in [6.07, 6.45) is 7.99. The number of carbonyl (C=O) groups is 2. The van der Waals surface area contributed by atoms with Crippen LogP contribution in [0.25, 0.3) is 0 Å². The summed E-state index contributed by atoms with van der Waals surface area (Å²) in [5, 5.41) is 5.73. The molecule has 29 heavy (non-hydrogen) atoms. The maximum absolute atomic E-state index is 12.9. The van der Waals surface area contributed by atoms with Gasteiger partial charge < -0.3 is 10.6 Å². The van der Waals surface area contributed by atoms with Crippen molar-refractivity contribution in [2.45, 2.75) is 63.7 Å². The fraction of sp³-hybridized carbons (Fsp3) is 0.652. The zero-order valence-corrected chi connectivity index (χ0v) is 18.1. The Balaban J connectivity index is 1.25. The number of halogens is 1. The van der Waals surface area contributed by atoms with Gasteiger partial charge >= 0.3 is 0 Å². The summed E-state index contributed by atoms with van der Waals surface area (Å²) in [5.41, 5.74) is 0.846. The first-order chi connectivity index (χ1) is 13.8. The van der Waals surface area contributed by atoms with Gasteiger partial charge in [-0.2, -0.15) is 0 Å². The molecular weight excluding hydrogens is 387 g/mol. The normalized spacial score (nSPS) is 31.9. The molecule has 0 spiro atoms. The molecule has 0 aromatic heterocycles. The third kappa shape index (κ3) is 4.62. The van der Waals surface area contributed by atoms with Gasteiger partial charge in [0.1, 0.15) is 5.82 Å². The first-order valence-electron chi connectivity index (χ1n) is 10.8. The van der Waals surface area contributed by atoms with E-state index in [-0.39, 0.29) is 40.1 Å². The topological polar surface area (TPSA) is 58.2 Å². The van der Waals surface area contributed by atoms with Crippen LogP contribution in [0.4, 0.5) is 10.1 Å². The molecule has 2 N–H and O–H groups in total. The Bertz CT molecular complexity index is 731. The highest BCUT2D eigenvalue weighted by Crippen LogP contribution is 2.61. The summed E-state index contributed by atoms with van der Waals surface area (Å²) in [6, 6.07) is 5.87. The number of carbonyl (C=O) groups excluding carboxylic acids is 2. The minimum atomic E-state index is -0.337. The predicted molar refractivity (Wildman–Crippen MR) is 115 cm³/mol. The van der Waals surface area contributed by atoms with Crippen molar-refractivity contribution in [3.05, 3.63) is 30.1 Å². The summed E-state index contributed by atoms with van der Waals surface area (Å²) < 4.78 is 12.9. The van der Waals surface area contributed by atoms with E-state index in [0.29, 0.717) is 5.69 Å². The average molecular weight is 419 g/mol. The zero-order chi connectivity index (χ0) is 20.6. The van der Waals surface area contributed by atoms with Gasteiger partial charge in [0.25, 0.3) is 0 Å². The van der Waals surface area contributed by atoms with Gasteiger partial charge in [-0.3, -0.25) is 9.59 Å². The van der Waals surface area contributed by atoms with Crippen molar-refractivity contribution in [3.63, 3.8) is 0 Å². The van der Waals surface area contributed by atoms with E-state index in [2.05, 4.69) is 17.6 Å². The molecule has 4 nitrogen and oxygen atoms in total. The van der Waals surface area contributed by atoms with E-state index in [1.807, 2.05) is 6.92 Å². The van der Waals surface area contributed by atoms with E-state index in [0.717, 1.165) is 17.8 Å². The molecule has 0 heterocycles. The van der Waals surface area contributed by atoms with Crippen LogP contribution in [-0.4, -0.2) is 28.9 Å². The van der Waals surface area contributed by atoms with Gasteiger partial charge in [-0.05, 0) is 99.8 Å². The van der Waals surface area contributed by atoms with Gasteiger partial charge in [0, 0.05) is 11.7 Å². The Hall–Kier alpha value is -1.56. The van der Waals surface area contributed by atoms with Crippen LogP contribution in [0.2, 0.25) is 0 Å². The van der Waals surface area contributed by atoms with Crippen LogP contribution in [0.1, 0.15) is 52.4 Å². The van der Waals surface area contributed by atoms with E-state index in [1.54, 1.807) is 0 Å². The van der Waals surface area contributed by atoms with Crippen molar-refractivity contribution in [2.75, 3.05) is 11.1 Å². The van der Waals surface area contributed by atoms with Crippen molar-refractivity contribution in [2.24, 2.45) is 23.2 Å². The number of anilines is 1. The highest BCUT2D eigenvalue weighted by atomic mass is 32.2. The SMILES string of the molecule is C[C@@H](SCC(=O)Nc1ccc(F)cc1)C(=O)N[C@H](C)C12CC3CC(CC(C3)C1)C2. The monoisotopic (exact) mass is 418 g/mol. The summed E-state index contributed by atoms with van der Waals surface area (Å²) in [6.45, 7) is 4.04. The van der Waals surface area contributed by atoms with Gasteiger partial charge in [0.05, 0.1) is 11.0 Å². The Morgan fingerprint density at radius 1 is 1.07 bits per heavy atom. The lowest BCUT2D eigenvalue weighted by atomic mass is 9.48. The van der Waals surface area contributed by atoms with Crippen molar-refractivity contribution >= 4 is 29.3 Å². The van der Waals surface area contributed by atoms with E-state index >= 15 is 0 Å². The largest absolute Gasteiger partial charge is 0.352 e. The van der Waals surface area contributed by atoms with Crippen LogP contribution in [0.3, 0.4) is 0 Å². The molecule has 6 heteroatoms. The van der Waals surface area contributed by atoms with Gasteiger partial charge in [-0.15, -0.1) is 11.8 Å². The molecule has 1 aromatic rings. The lowest BCUT2D eigenvalue weighted by Crippen LogP contribution is -2.56. The van der Waals surface area contributed by atoms with Crippen LogP contribution < -0.4 is 10.6 Å². The Morgan fingerprint density at radius 2 is 1.62 bits per heavy atom. The molecule has 4 saturated carbocycles. The van der Waals surface area contributed by atoms with Crippen LogP contribution in [0.5, 0.6) is 0 Å². The second-order valence-electron chi connectivity index (χ2n) is 9.52. The third-order valence-corrected chi connectivity index (χ3v) is 8.47. The molecule has 1 aromatic carbocycles. The molecule has 4 aliphatic rings. The summed E-state index contributed by atoms with van der Waals surface area (Å²) >= 11 is 1.34. The minimum absolute atomic E-state index is 0.0211. The minimum Gasteiger partial charge on any atom is -0.352 e. The van der Waals surface area contributed by atoms with Crippen molar-refractivity contribution in [1.29, 1.82) is 0 Å². The van der Waals surface area contributed by atoms with Crippen LogP contribution in [-0.2, 0) is 9.59 Å². The number of nitrogens with one attached hydrogen (secondary N) is 2. The second-order valence-corrected chi connectivity index (χ2v) is 10.8. The highest BCUT2D eigenvalue weighted by molar-refractivity contribution is 8.01. The van der Waals surface area contributed by atoms with E-state index in [4.69, 9.17) is 0 Å². The van der Waals surface area contributed by atoms with Gasteiger partial charge in [0.2, 0.25) is 11.8 Å². The first-order valence-corrected chi connectivity index (χ1v) is 11.9. The summed E-state index contributed by atoms with van der Waals surface area (Å²) in [7, 11) is 0. The maximum atomic E-state index is 12.9. The Labute approximate surface area is 176 Å². The van der Waals surface area contributed by atoms with Gasteiger partial charge in [-0.1, -0.05) is 0 Å². The predicted octanol–water partition coefficient (Wildman–Crippen LogP) is 4.61. The number of hydrogen-bond acceptors (Lipinski definition) is 3. The lowest BCUT2D eigenvalue weighted by molar-refractivity contribution is -0.125. The van der Waals surface area contributed by atoms with Crippen LogP contribution >= 0.6 is 11.8 Å². The summed E-state index contributed by atoms with van der Waals surface area (Å²) in [4.78, 5) is 24.9. The number of hydrogen-bond donors (Lipinski definition) is 2. The fourth-order valence-corrected chi connectivity index (χ4v) is 6.89. The molecule has 0 aliphatic heterocycles. The Morgan fingerprint density at radius 3 is 2.17 bits per heavy atom. The fourth-order valence-electron chi connectivity index (χ4n) is 6.20. The second kappa shape index (κ2) is 8.29. The number of amides is 2. The molecular formula is C23H31FN2O2S.